The zero-order chi connectivity index (χ0) is 17.2. The maximum absolute atomic E-state index is 12.3. The van der Waals surface area contributed by atoms with Gasteiger partial charge in [-0.15, -0.1) is 0 Å². The molecule has 7 nitrogen and oxygen atoms in total. The monoisotopic (exact) mass is 337 g/mol. The predicted molar refractivity (Wildman–Crippen MR) is 93.1 cm³/mol. The molecule has 4 rings (SSSR count). The number of nitrogens with zero attached hydrogens (tertiary/aromatic N) is 4. The van der Waals surface area contributed by atoms with Crippen molar-refractivity contribution in [1.82, 2.24) is 24.6 Å². The van der Waals surface area contributed by atoms with Gasteiger partial charge in [0.25, 0.3) is 0 Å². The number of nitrogens with one attached hydrogen (secondary N) is 1. The Morgan fingerprint density at radius 3 is 3.12 bits per heavy atom. The number of aromatic nitrogens is 4. The fourth-order valence-electron chi connectivity index (χ4n) is 3.33. The molecule has 0 saturated heterocycles. The molecular formula is C18H19N5O2. The van der Waals surface area contributed by atoms with Crippen molar-refractivity contribution in [1.29, 1.82) is 0 Å². The summed E-state index contributed by atoms with van der Waals surface area (Å²) in [5, 5.41) is 7.87. The lowest BCUT2D eigenvalue weighted by molar-refractivity contribution is -0.122. The van der Waals surface area contributed by atoms with Crippen LogP contribution >= 0.6 is 0 Å². The third kappa shape index (κ3) is 3.17. The van der Waals surface area contributed by atoms with Crippen LogP contribution in [-0.2, 0) is 24.3 Å². The SMILES string of the molecule is O=C(CCn1ncc(=O)c2ccccc21)N[C@@H]1CCc2nccn2C1. The van der Waals surface area contributed by atoms with Crippen LogP contribution in [0.15, 0.2) is 47.7 Å². The van der Waals surface area contributed by atoms with Crippen molar-refractivity contribution in [3.63, 3.8) is 0 Å². The fraction of sp³-hybridized carbons (Fsp3) is 0.333. The zero-order valence-electron chi connectivity index (χ0n) is 13.8. The summed E-state index contributed by atoms with van der Waals surface area (Å²) in [6, 6.07) is 7.45. The first-order valence-electron chi connectivity index (χ1n) is 8.45. The minimum atomic E-state index is -0.102. The Morgan fingerprint density at radius 1 is 1.32 bits per heavy atom. The molecule has 1 aromatic carbocycles. The molecule has 1 atom stereocenters. The Balaban J connectivity index is 1.40. The van der Waals surface area contributed by atoms with Gasteiger partial charge in [-0.2, -0.15) is 5.10 Å². The van der Waals surface area contributed by atoms with Crippen LogP contribution in [0.3, 0.4) is 0 Å². The van der Waals surface area contributed by atoms with Crippen LogP contribution in [0.1, 0.15) is 18.7 Å². The lowest BCUT2D eigenvalue weighted by Gasteiger charge is -2.24. The Bertz CT molecular complexity index is 975. The molecule has 2 aromatic heterocycles. The maximum Gasteiger partial charge on any atom is 0.222 e. The second kappa shape index (κ2) is 6.51. The average molecular weight is 337 g/mol. The summed E-state index contributed by atoms with van der Waals surface area (Å²) in [6.45, 7) is 1.20. The van der Waals surface area contributed by atoms with Crippen molar-refractivity contribution in [2.75, 3.05) is 0 Å². The van der Waals surface area contributed by atoms with E-state index in [-0.39, 0.29) is 17.4 Å². The molecule has 0 aliphatic carbocycles. The Labute approximate surface area is 144 Å². The van der Waals surface area contributed by atoms with Crippen molar-refractivity contribution in [2.24, 2.45) is 0 Å². The van der Waals surface area contributed by atoms with Crippen LogP contribution in [0, 0.1) is 0 Å². The van der Waals surface area contributed by atoms with Crippen molar-refractivity contribution in [2.45, 2.75) is 38.4 Å². The second-order valence-electron chi connectivity index (χ2n) is 6.30. The molecule has 1 aliphatic heterocycles. The van der Waals surface area contributed by atoms with Gasteiger partial charge in [0.1, 0.15) is 5.82 Å². The van der Waals surface area contributed by atoms with Crippen LogP contribution in [0.4, 0.5) is 0 Å². The lowest BCUT2D eigenvalue weighted by atomic mass is 10.1. The van der Waals surface area contributed by atoms with E-state index in [0.29, 0.717) is 18.4 Å². The van der Waals surface area contributed by atoms with Gasteiger partial charge in [-0.05, 0) is 18.6 Å². The molecule has 3 heterocycles. The molecule has 0 unspecified atom stereocenters. The van der Waals surface area contributed by atoms with Crippen LogP contribution in [-0.4, -0.2) is 31.3 Å². The number of rotatable bonds is 4. The topological polar surface area (TPSA) is 81.8 Å². The number of amides is 1. The smallest absolute Gasteiger partial charge is 0.222 e. The zero-order valence-corrected chi connectivity index (χ0v) is 13.8. The first kappa shape index (κ1) is 15.6. The normalized spacial score (nSPS) is 16.6. The van der Waals surface area contributed by atoms with Gasteiger partial charge in [-0.25, -0.2) is 4.98 Å². The summed E-state index contributed by atoms with van der Waals surface area (Å²) < 4.78 is 3.80. The molecule has 7 heteroatoms. The van der Waals surface area contributed by atoms with E-state index in [1.54, 1.807) is 16.9 Å². The summed E-state index contributed by atoms with van der Waals surface area (Å²) in [5.74, 6) is 1.08. The Morgan fingerprint density at radius 2 is 2.20 bits per heavy atom. The molecule has 0 spiro atoms. The molecule has 128 valence electrons. The molecule has 0 bridgehead atoms. The molecule has 0 fully saturated rings. The summed E-state index contributed by atoms with van der Waals surface area (Å²) >= 11 is 0. The van der Waals surface area contributed by atoms with Crippen LogP contribution in [0.25, 0.3) is 10.9 Å². The van der Waals surface area contributed by atoms with E-state index in [1.807, 2.05) is 24.4 Å². The average Bonchev–Trinajstić information content (AvgIpc) is 3.09. The van der Waals surface area contributed by atoms with Gasteiger partial charge >= 0.3 is 0 Å². The quantitative estimate of drug-likeness (QED) is 0.773. The largest absolute Gasteiger partial charge is 0.352 e. The van der Waals surface area contributed by atoms with E-state index in [4.69, 9.17) is 0 Å². The molecule has 1 aliphatic rings. The van der Waals surface area contributed by atoms with Crippen LogP contribution < -0.4 is 10.7 Å². The molecule has 0 saturated carbocycles. The van der Waals surface area contributed by atoms with Gasteiger partial charge in [0, 0.05) is 43.2 Å². The maximum atomic E-state index is 12.3. The van der Waals surface area contributed by atoms with Gasteiger partial charge in [-0.1, -0.05) is 12.1 Å². The summed E-state index contributed by atoms with van der Waals surface area (Å²) in [5.41, 5.74) is 0.651. The highest BCUT2D eigenvalue weighted by Crippen LogP contribution is 2.13. The number of hydrogen-bond acceptors (Lipinski definition) is 4. The number of carbonyl (C=O) groups excluding carboxylic acids is 1. The highest BCUT2D eigenvalue weighted by molar-refractivity contribution is 5.79. The highest BCUT2D eigenvalue weighted by Gasteiger charge is 2.20. The first-order valence-corrected chi connectivity index (χ1v) is 8.45. The molecule has 1 amide bonds. The van der Waals surface area contributed by atoms with Crippen molar-refractivity contribution >= 4 is 16.8 Å². The van der Waals surface area contributed by atoms with Gasteiger partial charge in [0.15, 0.2) is 0 Å². The highest BCUT2D eigenvalue weighted by atomic mass is 16.1. The minimum absolute atomic E-state index is 0.00172. The molecule has 1 N–H and O–H groups in total. The van der Waals surface area contributed by atoms with Gasteiger partial charge in [0.2, 0.25) is 11.3 Å². The number of hydrogen-bond donors (Lipinski definition) is 1. The lowest BCUT2D eigenvalue weighted by Crippen LogP contribution is -2.41. The van der Waals surface area contributed by atoms with Crippen molar-refractivity contribution < 1.29 is 4.79 Å². The van der Waals surface area contributed by atoms with E-state index in [1.165, 1.54) is 6.20 Å². The van der Waals surface area contributed by atoms with Crippen molar-refractivity contribution in [3.8, 4) is 0 Å². The number of carbonyl (C=O) groups is 1. The standard InChI is InChI=1S/C18H19N5O2/c24-16-11-20-23(15-4-2-1-3-14(15)16)9-7-18(25)21-13-5-6-17-19-8-10-22(17)12-13/h1-4,8,10-11,13H,5-7,9,12H2,(H,21,25)/t13-/m1/s1. The molecule has 3 aromatic rings. The van der Waals surface area contributed by atoms with Crippen LogP contribution in [0.5, 0.6) is 0 Å². The van der Waals surface area contributed by atoms with Gasteiger partial charge in [-0.3, -0.25) is 14.3 Å². The van der Waals surface area contributed by atoms with Gasteiger partial charge in [0.05, 0.1) is 18.3 Å². The molecule has 25 heavy (non-hydrogen) atoms. The van der Waals surface area contributed by atoms with Gasteiger partial charge < -0.3 is 9.88 Å². The van der Waals surface area contributed by atoms with E-state index in [9.17, 15) is 9.59 Å². The third-order valence-electron chi connectivity index (χ3n) is 4.61. The number of benzene rings is 1. The summed E-state index contributed by atoms with van der Waals surface area (Å²) in [6.07, 6.45) is 7.16. The van der Waals surface area contributed by atoms with Crippen molar-refractivity contribution in [3.05, 3.63) is 58.9 Å². The van der Waals surface area contributed by atoms with E-state index < -0.39 is 0 Å². The number of fused-ring (bicyclic) bond motifs is 2. The third-order valence-corrected chi connectivity index (χ3v) is 4.61. The fourth-order valence-corrected chi connectivity index (χ4v) is 3.33. The first-order chi connectivity index (χ1) is 12.2. The summed E-state index contributed by atoms with van der Waals surface area (Å²) in [7, 11) is 0. The number of imidazole rings is 1. The Kier molecular flexibility index (Phi) is 4.05. The predicted octanol–water partition coefficient (Wildman–Crippen LogP) is 1.11. The second-order valence-corrected chi connectivity index (χ2v) is 6.30. The molecular weight excluding hydrogens is 318 g/mol. The van der Waals surface area contributed by atoms with Crippen LogP contribution in [0.2, 0.25) is 0 Å². The Hall–Kier alpha value is -2.96. The van der Waals surface area contributed by atoms with E-state index >= 15 is 0 Å². The number of para-hydroxylation sites is 1. The number of aryl methyl sites for hydroxylation is 2. The summed E-state index contributed by atoms with van der Waals surface area (Å²) in [4.78, 5) is 28.4. The molecule has 0 radical (unpaired) electrons. The van der Waals surface area contributed by atoms with E-state index in [2.05, 4.69) is 20.0 Å². The minimum Gasteiger partial charge on any atom is -0.352 e. The van der Waals surface area contributed by atoms with E-state index in [0.717, 1.165) is 30.7 Å².